The van der Waals surface area contributed by atoms with E-state index in [1.165, 1.54) is 18.6 Å². The van der Waals surface area contributed by atoms with Crippen LogP contribution in [0.3, 0.4) is 0 Å². The van der Waals surface area contributed by atoms with E-state index in [0.717, 1.165) is 6.61 Å². The quantitative estimate of drug-likeness (QED) is 0.459. The molecule has 0 aromatic heterocycles. The van der Waals surface area contributed by atoms with Crippen molar-refractivity contribution in [1.82, 2.24) is 0 Å². The third-order valence-electron chi connectivity index (χ3n) is 1.43. The summed E-state index contributed by atoms with van der Waals surface area (Å²) in [5.41, 5.74) is 0.353. The van der Waals surface area contributed by atoms with Crippen LogP contribution in [0.1, 0.15) is 19.8 Å². The summed E-state index contributed by atoms with van der Waals surface area (Å²) < 4.78 is 5.35. The van der Waals surface area contributed by atoms with Gasteiger partial charge in [-0.15, -0.1) is 11.8 Å². The van der Waals surface area contributed by atoms with Crippen molar-refractivity contribution in [2.24, 2.45) is 0 Å². The molecule has 0 aromatic carbocycles. The fraction of sp³-hybridized carbons (Fsp3) is 0.750. The minimum atomic E-state index is 0.353. The zero-order valence-electron chi connectivity index (χ0n) is 6.38. The molecule has 0 saturated carbocycles. The fourth-order valence-corrected chi connectivity index (χ4v) is 1.90. The molecule has 1 aliphatic heterocycles. The van der Waals surface area contributed by atoms with Gasteiger partial charge in [0.2, 0.25) is 0 Å². The van der Waals surface area contributed by atoms with Crippen molar-refractivity contribution in [3.63, 3.8) is 0 Å². The first kappa shape index (κ1) is 8.15. The first-order valence-corrected chi connectivity index (χ1v) is 4.88. The lowest BCUT2D eigenvalue weighted by atomic mass is 10.4. The Labute approximate surface area is 66.8 Å². The van der Waals surface area contributed by atoms with E-state index in [0.29, 0.717) is 5.44 Å². The standard InChI is InChI=1S/C8H14OS/c1-2-3-7-10-8-5-4-6-9-8/h4-5,8H,2-3,6-7H2,1H3. The van der Waals surface area contributed by atoms with Crippen LogP contribution in [-0.4, -0.2) is 17.8 Å². The summed E-state index contributed by atoms with van der Waals surface area (Å²) in [4.78, 5) is 0. The highest BCUT2D eigenvalue weighted by atomic mass is 32.2. The molecule has 10 heavy (non-hydrogen) atoms. The third-order valence-corrected chi connectivity index (χ3v) is 2.58. The van der Waals surface area contributed by atoms with E-state index in [1.54, 1.807) is 0 Å². The molecule has 0 spiro atoms. The van der Waals surface area contributed by atoms with Crippen molar-refractivity contribution in [3.05, 3.63) is 12.2 Å². The van der Waals surface area contributed by atoms with Gasteiger partial charge in [-0.3, -0.25) is 0 Å². The van der Waals surface area contributed by atoms with Gasteiger partial charge >= 0.3 is 0 Å². The van der Waals surface area contributed by atoms with Crippen LogP contribution in [0, 0.1) is 0 Å². The molecule has 1 atom stereocenters. The Morgan fingerprint density at radius 1 is 1.70 bits per heavy atom. The van der Waals surface area contributed by atoms with Crippen molar-refractivity contribution in [1.29, 1.82) is 0 Å². The molecule has 0 amide bonds. The maximum Gasteiger partial charge on any atom is 0.122 e. The number of thioether (sulfide) groups is 1. The van der Waals surface area contributed by atoms with Gasteiger partial charge in [0.15, 0.2) is 0 Å². The molecule has 0 aliphatic carbocycles. The largest absolute Gasteiger partial charge is 0.359 e. The zero-order chi connectivity index (χ0) is 7.23. The number of hydrogen-bond donors (Lipinski definition) is 0. The van der Waals surface area contributed by atoms with Crippen LogP contribution in [0.4, 0.5) is 0 Å². The Hall–Kier alpha value is 0.0500. The van der Waals surface area contributed by atoms with E-state index in [1.807, 2.05) is 11.8 Å². The van der Waals surface area contributed by atoms with Crippen LogP contribution >= 0.6 is 11.8 Å². The van der Waals surface area contributed by atoms with Crippen LogP contribution < -0.4 is 0 Å². The lowest BCUT2D eigenvalue weighted by molar-refractivity contribution is 0.189. The lowest BCUT2D eigenvalue weighted by Gasteiger charge is -2.05. The molecule has 0 N–H and O–H groups in total. The van der Waals surface area contributed by atoms with Gasteiger partial charge in [-0.25, -0.2) is 0 Å². The van der Waals surface area contributed by atoms with Crippen LogP contribution in [0.25, 0.3) is 0 Å². The SMILES string of the molecule is CCCCSC1C=CCO1. The number of hydrogen-bond acceptors (Lipinski definition) is 2. The molecule has 58 valence electrons. The summed E-state index contributed by atoms with van der Waals surface area (Å²) in [5, 5.41) is 0. The highest BCUT2D eigenvalue weighted by Gasteiger charge is 2.07. The number of rotatable bonds is 4. The van der Waals surface area contributed by atoms with Crippen LogP contribution in [0.5, 0.6) is 0 Å². The molecular weight excluding hydrogens is 144 g/mol. The van der Waals surface area contributed by atoms with E-state index in [-0.39, 0.29) is 0 Å². The minimum absolute atomic E-state index is 0.353. The molecule has 1 aliphatic rings. The van der Waals surface area contributed by atoms with E-state index < -0.39 is 0 Å². The highest BCUT2D eigenvalue weighted by molar-refractivity contribution is 7.99. The summed E-state index contributed by atoms with van der Waals surface area (Å²) in [7, 11) is 0. The van der Waals surface area contributed by atoms with E-state index >= 15 is 0 Å². The van der Waals surface area contributed by atoms with Crippen molar-refractivity contribution < 1.29 is 4.74 Å². The Morgan fingerprint density at radius 3 is 3.20 bits per heavy atom. The summed E-state index contributed by atoms with van der Waals surface area (Å²) in [6, 6.07) is 0. The zero-order valence-corrected chi connectivity index (χ0v) is 7.19. The topological polar surface area (TPSA) is 9.23 Å². The molecule has 1 unspecified atom stereocenters. The molecule has 1 nitrogen and oxygen atoms in total. The second-order valence-corrected chi connectivity index (χ2v) is 3.56. The summed E-state index contributed by atoms with van der Waals surface area (Å²) in [6.45, 7) is 3.02. The monoisotopic (exact) mass is 158 g/mol. The molecule has 0 fully saturated rings. The molecular formula is C8H14OS. The smallest absolute Gasteiger partial charge is 0.122 e. The molecule has 0 aromatic rings. The second kappa shape index (κ2) is 4.80. The third kappa shape index (κ3) is 2.76. The lowest BCUT2D eigenvalue weighted by Crippen LogP contribution is -1.99. The van der Waals surface area contributed by atoms with Gasteiger partial charge in [0.1, 0.15) is 5.44 Å². The van der Waals surface area contributed by atoms with Crippen LogP contribution in [-0.2, 0) is 4.74 Å². The average Bonchev–Trinajstić information content (AvgIpc) is 2.41. The number of unbranched alkanes of at least 4 members (excludes halogenated alkanes) is 1. The van der Waals surface area contributed by atoms with E-state index in [2.05, 4.69) is 19.1 Å². The first-order chi connectivity index (χ1) is 4.93. The van der Waals surface area contributed by atoms with Crippen molar-refractivity contribution in [2.45, 2.75) is 25.2 Å². The average molecular weight is 158 g/mol. The van der Waals surface area contributed by atoms with Gasteiger partial charge in [0, 0.05) is 0 Å². The first-order valence-electron chi connectivity index (χ1n) is 3.83. The summed E-state index contributed by atoms with van der Waals surface area (Å²) >= 11 is 1.90. The molecule has 0 saturated heterocycles. The predicted octanol–water partition coefficient (Wildman–Crippen LogP) is 2.43. The molecule has 0 radical (unpaired) electrons. The second-order valence-electron chi connectivity index (χ2n) is 2.35. The van der Waals surface area contributed by atoms with Gasteiger partial charge in [-0.1, -0.05) is 19.4 Å². The van der Waals surface area contributed by atoms with Crippen LogP contribution in [0.2, 0.25) is 0 Å². The molecule has 1 heterocycles. The Morgan fingerprint density at radius 2 is 2.60 bits per heavy atom. The fourth-order valence-electron chi connectivity index (χ4n) is 0.820. The van der Waals surface area contributed by atoms with Gasteiger partial charge in [0.25, 0.3) is 0 Å². The van der Waals surface area contributed by atoms with Crippen molar-refractivity contribution in [3.8, 4) is 0 Å². The molecule has 0 bridgehead atoms. The van der Waals surface area contributed by atoms with Gasteiger partial charge in [-0.05, 0) is 18.2 Å². The maximum atomic E-state index is 5.35. The van der Waals surface area contributed by atoms with Gasteiger partial charge < -0.3 is 4.74 Å². The Kier molecular flexibility index (Phi) is 3.91. The Bertz CT molecular complexity index is 112. The maximum absolute atomic E-state index is 5.35. The molecule has 1 rings (SSSR count). The normalized spacial score (nSPS) is 23.9. The van der Waals surface area contributed by atoms with E-state index in [9.17, 15) is 0 Å². The number of ether oxygens (including phenoxy) is 1. The minimum Gasteiger partial charge on any atom is -0.359 e. The van der Waals surface area contributed by atoms with Crippen molar-refractivity contribution >= 4 is 11.8 Å². The Balaban J connectivity index is 1.97. The van der Waals surface area contributed by atoms with Crippen LogP contribution in [0.15, 0.2) is 12.2 Å². The van der Waals surface area contributed by atoms with Gasteiger partial charge in [-0.2, -0.15) is 0 Å². The van der Waals surface area contributed by atoms with Crippen molar-refractivity contribution in [2.75, 3.05) is 12.4 Å². The predicted molar refractivity (Wildman–Crippen MR) is 46.2 cm³/mol. The summed E-state index contributed by atoms with van der Waals surface area (Å²) in [6.07, 6.45) is 6.81. The summed E-state index contributed by atoms with van der Waals surface area (Å²) in [5.74, 6) is 1.23. The van der Waals surface area contributed by atoms with E-state index in [4.69, 9.17) is 4.74 Å². The molecule has 2 heteroatoms. The highest BCUT2D eigenvalue weighted by Crippen LogP contribution is 2.18. The van der Waals surface area contributed by atoms with Gasteiger partial charge in [0.05, 0.1) is 6.61 Å².